The summed E-state index contributed by atoms with van der Waals surface area (Å²) in [5.74, 6) is 2.71. The molecule has 0 unspecified atom stereocenters. The molecule has 3 aromatic rings. The minimum absolute atomic E-state index is 0.111. The molecule has 7 heteroatoms. The average Bonchev–Trinajstić information content (AvgIpc) is 2.84. The molecule has 7 nitrogen and oxygen atoms in total. The molecule has 35 heavy (non-hydrogen) atoms. The molecule has 0 spiro atoms. The summed E-state index contributed by atoms with van der Waals surface area (Å²) >= 11 is 0. The van der Waals surface area contributed by atoms with Crippen molar-refractivity contribution in [2.75, 3.05) is 43.0 Å². The number of carbonyl (C=O) groups is 1. The highest BCUT2D eigenvalue weighted by Gasteiger charge is 2.26. The van der Waals surface area contributed by atoms with Crippen LogP contribution in [0.3, 0.4) is 0 Å². The van der Waals surface area contributed by atoms with E-state index < -0.39 is 0 Å². The Balaban J connectivity index is 1.52. The Morgan fingerprint density at radius 2 is 1.77 bits per heavy atom. The molecule has 0 bridgehead atoms. The zero-order chi connectivity index (χ0) is 24.9. The second kappa shape index (κ2) is 10.8. The molecule has 0 atom stereocenters. The van der Waals surface area contributed by atoms with E-state index in [1.54, 1.807) is 0 Å². The normalized spacial score (nSPS) is 13.8. The maximum Gasteiger partial charge on any atom is 0.322 e. The smallest absolute Gasteiger partial charge is 0.322 e. The van der Waals surface area contributed by atoms with E-state index in [0.717, 1.165) is 22.9 Å². The number of ether oxygens (including phenoxy) is 1. The van der Waals surface area contributed by atoms with E-state index in [-0.39, 0.29) is 6.03 Å². The van der Waals surface area contributed by atoms with Gasteiger partial charge in [-0.3, -0.25) is 0 Å². The lowest BCUT2D eigenvalue weighted by molar-refractivity contribution is 0.208. The lowest BCUT2D eigenvalue weighted by atomic mass is 10.0. The Bertz CT molecular complexity index is 1190. The zero-order valence-corrected chi connectivity index (χ0v) is 21.3. The minimum Gasteiger partial charge on any atom is -0.492 e. The molecule has 1 N–H and O–H groups in total. The monoisotopic (exact) mass is 473 g/mol. The molecular weight excluding hydrogens is 438 g/mol. The number of urea groups is 1. The standard InChI is InChI=1S/C28H35N5O2/c1-6-35-24-13-8-7-12-23(24)30-28(34)33-16-14-32(15-17-33)27-25(19(2)3)21(5)29-26(31-27)22-11-9-10-20(4)18-22/h7-13,18-19H,6,14-17H2,1-5H3,(H,30,34). The topological polar surface area (TPSA) is 70.6 Å². The van der Waals surface area contributed by atoms with Gasteiger partial charge in [-0.1, -0.05) is 49.7 Å². The van der Waals surface area contributed by atoms with Gasteiger partial charge in [0.2, 0.25) is 0 Å². The first kappa shape index (κ1) is 24.5. The number of amides is 2. The molecule has 184 valence electrons. The molecule has 4 rings (SSSR count). The number of carbonyl (C=O) groups excluding carboxylic acids is 1. The van der Waals surface area contributed by atoms with Crippen LogP contribution >= 0.6 is 0 Å². The van der Waals surface area contributed by atoms with Crippen molar-refractivity contribution in [3.05, 3.63) is 65.4 Å². The Hall–Kier alpha value is -3.61. The number of hydrogen-bond donors (Lipinski definition) is 1. The summed E-state index contributed by atoms with van der Waals surface area (Å²) in [5, 5.41) is 3.01. The zero-order valence-electron chi connectivity index (χ0n) is 21.3. The first-order valence-electron chi connectivity index (χ1n) is 12.4. The number of rotatable bonds is 6. The molecule has 1 aromatic heterocycles. The molecule has 1 aliphatic rings. The first-order valence-corrected chi connectivity index (χ1v) is 12.4. The quantitative estimate of drug-likeness (QED) is 0.502. The number of aryl methyl sites for hydroxylation is 2. The highest BCUT2D eigenvalue weighted by molar-refractivity contribution is 5.91. The van der Waals surface area contributed by atoms with Gasteiger partial charge in [0.05, 0.1) is 12.3 Å². The molecule has 1 fully saturated rings. The third-order valence-corrected chi connectivity index (χ3v) is 6.26. The molecule has 1 saturated heterocycles. The lowest BCUT2D eigenvalue weighted by Gasteiger charge is -2.37. The maximum atomic E-state index is 13.0. The van der Waals surface area contributed by atoms with Crippen LogP contribution in [0.2, 0.25) is 0 Å². The average molecular weight is 474 g/mol. The molecule has 2 heterocycles. The van der Waals surface area contributed by atoms with Crippen molar-refractivity contribution in [1.29, 1.82) is 0 Å². The Morgan fingerprint density at radius 1 is 1.03 bits per heavy atom. The molecule has 0 saturated carbocycles. The number of nitrogens with one attached hydrogen (secondary N) is 1. The van der Waals surface area contributed by atoms with E-state index in [9.17, 15) is 4.79 Å². The number of para-hydroxylation sites is 2. The van der Waals surface area contributed by atoms with Crippen molar-refractivity contribution in [3.63, 3.8) is 0 Å². The summed E-state index contributed by atoms with van der Waals surface area (Å²) in [6.45, 7) is 13.6. The molecular formula is C28H35N5O2. The Labute approximate surface area is 208 Å². The summed E-state index contributed by atoms with van der Waals surface area (Å²) < 4.78 is 5.65. The SMILES string of the molecule is CCOc1ccccc1NC(=O)N1CCN(c2nc(-c3cccc(C)c3)nc(C)c2C(C)C)CC1. The van der Waals surface area contributed by atoms with Crippen LogP contribution < -0.4 is 15.0 Å². The van der Waals surface area contributed by atoms with E-state index in [1.807, 2.05) is 42.2 Å². The predicted octanol–water partition coefficient (Wildman–Crippen LogP) is 5.64. The van der Waals surface area contributed by atoms with Crippen LogP contribution in [0.1, 0.15) is 43.5 Å². The minimum atomic E-state index is -0.111. The maximum absolute atomic E-state index is 13.0. The van der Waals surface area contributed by atoms with Gasteiger partial charge in [-0.25, -0.2) is 14.8 Å². The van der Waals surface area contributed by atoms with E-state index in [2.05, 4.69) is 56.1 Å². The van der Waals surface area contributed by atoms with Gasteiger partial charge >= 0.3 is 6.03 Å². The second-order valence-corrected chi connectivity index (χ2v) is 9.23. The van der Waals surface area contributed by atoms with Crippen molar-refractivity contribution < 1.29 is 9.53 Å². The number of benzene rings is 2. The van der Waals surface area contributed by atoms with Gasteiger partial charge in [0.15, 0.2) is 5.82 Å². The van der Waals surface area contributed by atoms with Crippen LogP contribution in [-0.4, -0.2) is 53.7 Å². The van der Waals surface area contributed by atoms with E-state index in [0.29, 0.717) is 50.1 Å². The fraction of sp³-hybridized carbons (Fsp3) is 0.393. The Morgan fingerprint density at radius 3 is 2.46 bits per heavy atom. The van der Waals surface area contributed by atoms with Crippen molar-refractivity contribution >= 4 is 17.5 Å². The van der Waals surface area contributed by atoms with Crippen LogP contribution in [0.5, 0.6) is 5.75 Å². The molecule has 2 amide bonds. The summed E-state index contributed by atoms with van der Waals surface area (Å²) in [5.41, 5.74) is 5.08. The van der Waals surface area contributed by atoms with Crippen LogP contribution in [0.15, 0.2) is 48.5 Å². The number of hydrogen-bond acceptors (Lipinski definition) is 5. The molecule has 2 aromatic carbocycles. The van der Waals surface area contributed by atoms with Gasteiger partial charge < -0.3 is 19.9 Å². The van der Waals surface area contributed by atoms with Crippen molar-refractivity contribution in [1.82, 2.24) is 14.9 Å². The number of anilines is 2. The summed E-state index contributed by atoms with van der Waals surface area (Å²) in [6.07, 6.45) is 0. The predicted molar refractivity (Wildman–Crippen MR) is 141 cm³/mol. The van der Waals surface area contributed by atoms with Crippen molar-refractivity contribution in [3.8, 4) is 17.1 Å². The van der Waals surface area contributed by atoms with Gasteiger partial charge in [0.1, 0.15) is 11.6 Å². The molecule has 0 radical (unpaired) electrons. The third kappa shape index (κ3) is 5.56. The lowest BCUT2D eigenvalue weighted by Crippen LogP contribution is -2.50. The number of aromatic nitrogens is 2. The van der Waals surface area contributed by atoms with Crippen LogP contribution in [-0.2, 0) is 0 Å². The highest BCUT2D eigenvalue weighted by Crippen LogP contribution is 2.32. The van der Waals surface area contributed by atoms with Crippen LogP contribution in [0.4, 0.5) is 16.3 Å². The molecule has 0 aliphatic carbocycles. The van der Waals surface area contributed by atoms with Gasteiger partial charge in [0.25, 0.3) is 0 Å². The van der Waals surface area contributed by atoms with Crippen LogP contribution in [0.25, 0.3) is 11.4 Å². The first-order chi connectivity index (χ1) is 16.9. The summed E-state index contributed by atoms with van der Waals surface area (Å²) in [6, 6.07) is 15.7. The van der Waals surface area contributed by atoms with Crippen molar-refractivity contribution in [2.24, 2.45) is 0 Å². The summed E-state index contributed by atoms with van der Waals surface area (Å²) in [7, 11) is 0. The highest BCUT2D eigenvalue weighted by atomic mass is 16.5. The van der Waals surface area contributed by atoms with E-state index in [4.69, 9.17) is 14.7 Å². The second-order valence-electron chi connectivity index (χ2n) is 9.23. The van der Waals surface area contributed by atoms with Gasteiger partial charge in [0, 0.05) is 43.0 Å². The largest absolute Gasteiger partial charge is 0.492 e. The fourth-order valence-electron chi connectivity index (χ4n) is 4.56. The number of piperazine rings is 1. The van der Waals surface area contributed by atoms with Gasteiger partial charge in [-0.2, -0.15) is 0 Å². The van der Waals surface area contributed by atoms with Gasteiger partial charge in [-0.05, 0) is 44.9 Å². The third-order valence-electron chi connectivity index (χ3n) is 6.26. The van der Waals surface area contributed by atoms with Crippen molar-refractivity contribution in [2.45, 2.75) is 40.5 Å². The fourth-order valence-corrected chi connectivity index (χ4v) is 4.56. The molecule has 1 aliphatic heterocycles. The number of nitrogens with zero attached hydrogens (tertiary/aromatic N) is 4. The van der Waals surface area contributed by atoms with Gasteiger partial charge in [-0.15, -0.1) is 0 Å². The summed E-state index contributed by atoms with van der Waals surface area (Å²) in [4.78, 5) is 27.0. The Kier molecular flexibility index (Phi) is 7.54. The van der Waals surface area contributed by atoms with Crippen LogP contribution in [0, 0.1) is 13.8 Å². The van der Waals surface area contributed by atoms with E-state index in [1.165, 1.54) is 11.1 Å². The van der Waals surface area contributed by atoms with E-state index >= 15 is 0 Å².